The van der Waals surface area contributed by atoms with Crippen molar-refractivity contribution in [1.82, 2.24) is 14.8 Å². The molecule has 0 aromatic carbocycles. The molecule has 0 unspecified atom stereocenters. The first-order valence-corrected chi connectivity index (χ1v) is 5.35. The number of nitrogens with zero attached hydrogens (tertiary/aromatic N) is 3. The smallest absolute Gasteiger partial charge is 0.150 e. The lowest BCUT2D eigenvalue weighted by atomic mass is 10.3. The van der Waals surface area contributed by atoms with Gasteiger partial charge in [-0.2, -0.15) is 5.10 Å². The van der Waals surface area contributed by atoms with Crippen molar-refractivity contribution >= 4 is 0 Å². The monoisotopic (exact) mass is 197 g/mol. The van der Waals surface area contributed by atoms with Crippen LogP contribution in [0.4, 0.5) is 0 Å². The van der Waals surface area contributed by atoms with E-state index in [1.165, 1.54) is 0 Å². The molecule has 0 aliphatic rings. The minimum atomic E-state index is 0.261. The number of aryl methyl sites for hydroxylation is 3. The fourth-order valence-corrected chi connectivity index (χ4v) is 1.39. The molecule has 0 saturated heterocycles. The van der Waals surface area contributed by atoms with E-state index in [9.17, 15) is 0 Å². The van der Waals surface area contributed by atoms with Crippen molar-refractivity contribution in [2.75, 3.05) is 6.61 Å². The van der Waals surface area contributed by atoms with Crippen LogP contribution in [0.5, 0.6) is 0 Å². The van der Waals surface area contributed by atoms with Crippen molar-refractivity contribution in [3.8, 4) is 0 Å². The van der Waals surface area contributed by atoms with Gasteiger partial charge in [-0.15, -0.1) is 0 Å². The lowest BCUT2D eigenvalue weighted by Crippen LogP contribution is -2.05. The van der Waals surface area contributed by atoms with E-state index < -0.39 is 0 Å². The number of rotatable bonds is 6. The number of hydrogen-bond donors (Lipinski definition) is 1. The zero-order valence-electron chi connectivity index (χ0n) is 9.03. The van der Waals surface area contributed by atoms with Gasteiger partial charge in [0.15, 0.2) is 5.82 Å². The zero-order valence-corrected chi connectivity index (χ0v) is 9.03. The topological polar surface area (TPSA) is 50.9 Å². The summed E-state index contributed by atoms with van der Waals surface area (Å²) in [5, 5.41) is 13.1. The standard InChI is InChI=1S/C10H19N3O/c1-3-9-11-10(4-2)13(12-9)7-5-6-8-14/h14H,3-8H2,1-2H3. The molecule has 0 bridgehead atoms. The summed E-state index contributed by atoms with van der Waals surface area (Å²) < 4.78 is 1.97. The summed E-state index contributed by atoms with van der Waals surface area (Å²) in [6.07, 6.45) is 3.62. The molecule has 1 aromatic rings. The van der Waals surface area contributed by atoms with Gasteiger partial charge in [0.1, 0.15) is 5.82 Å². The van der Waals surface area contributed by atoms with Crippen LogP contribution in [0.2, 0.25) is 0 Å². The molecule has 1 aromatic heterocycles. The highest BCUT2D eigenvalue weighted by Gasteiger charge is 2.05. The van der Waals surface area contributed by atoms with Crippen LogP contribution < -0.4 is 0 Å². The van der Waals surface area contributed by atoms with Crippen LogP contribution in [-0.4, -0.2) is 26.5 Å². The van der Waals surface area contributed by atoms with Crippen LogP contribution in [0.1, 0.15) is 38.3 Å². The van der Waals surface area contributed by atoms with Gasteiger partial charge in [0, 0.05) is 26.0 Å². The van der Waals surface area contributed by atoms with Gasteiger partial charge in [-0.3, -0.25) is 0 Å². The Morgan fingerprint density at radius 1 is 1.21 bits per heavy atom. The third-order valence-corrected chi connectivity index (χ3v) is 2.20. The first-order valence-electron chi connectivity index (χ1n) is 5.35. The second-order valence-electron chi connectivity index (χ2n) is 3.31. The Labute approximate surface area is 85.0 Å². The number of aromatic nitrogens is 3. The molecule has 0 aliphatic heterocycles. The van der Waals surface area contributed by atoms with E-state index >= 15 is 0 Å². The molecule has 0 amide bonds. The zero-order chi connectivity index (χ0) is 10.4. The minimum absolute atomic E-state index is 0.261. The van der Waals surface area contributed by atoms with Gasteiger partial charge in [0.2, 0.25) is 0 Å². The first kappa shape index (κ1) is 11.2. The van der Waals surface area contributed by atoms with Crippen molar-refractivity contribution in [2.24, 2.45) is 0 Å². The molecule has 1 rings (SSSR count). The van der Waals surface area contributed by atoms with E-state index in [0.717, 1.165) is 43.9 Å². The number of unbranched alkanes of at least 4 members (excludes halogenated alkanes) is 1. The molecule has 80 valence electrons. The van der Waals surface area contributed by atoms with Crippen molar-refractivity contribution in [2.45, 2.75) is 46.1 Å². The molecule has 14 heavy (non-hydrogen) atoms. The number of aliphatic hydroxyl groups is 1. The van der Waals surface area contributed by atoms with Crippen LogP contribution in [-0.2, 0) is 19.4 Å². The van der Waals surface area contributed by atoms with Crippen LogP contribution in [0.15, 0.2) is 0 Å². The lowest BCUT2D eigenvalue weighted by molar-refractivity contribution is 0.279. The summed E-state index contributed by atoms with van der Waals surface area (Å²) in [6.45, 7) is 5.28. The molecule has 0 radical (unpaired) electrons. The maximum absolute atomic E-state index is 8.68. The molecule has 0 fully saturated rings. The van der Waals surface area contributed by atoms with E-state index in [4.69, 9.17) is 5.11 Å². The Morgan fingerprint density at radius 3 is 2.57 bits per heavy atom. The molecule has 0 aliphatic carbocycles. The van der Waals surface area contributed by atoms with Crippen molar-refractivity contribution in [1.29, 1.82) is 0 Å². The maximum Gasteiger partial charge on any atom is 0.150 e. The van der Waals surface area contributed by atoms with Crippen molar-refractivity contribution in [3.05, 3.63) is 11.6 Å². The summed E-state index contributed by atoms with van der Waals surface area (Å²) in [6, 6.07) is 0. The summed E-state index contributed by atoms with van der Waals surface area (Å²) in [5.74, 6) is 1.98. The Balaban J connectivity index is 2.59. The summed E-state index contributed by atoms with van der Waals surface area (Å²) >= 11 is 0. The highest BCUT2D eigenvalue weighted by atomic mass is 16.2. The SMILES string of the molecule is CCc1nc(CC)n(CCCCO)n1. The van der Waals surface area contributed by atoms with Gasteiger partial charge < -0.3 is 5.11 Å². The van der Waals surface area contributed by atoms with Crippen molar-refractivity contribution < 1.29 is 5.11 Å². The van der Waals surface area contributed by atoms with E-state index in [1.807, 2.05) is 4.68 Å². The molecule has 0 spiro atoms. The lowest BCUT2D eigenvalue weighted by Gasteiger charge is -2.02. The Bertz CT molecular complexity index is 270. The third-order valence-electron chi connectivity index (χ3n) is 2.20. The molecule has 1 N–H and O–H groups in total. The van der Waals surface area contributed by atoms with Gasteiger partial charge in [-0.25, -0.2) is 9.67 Å². The third kappa shape index (κ3) is 2.80. The van der Waals surface area contributed by atoms with Crippen LogP contribution >= 0.6 is 0 Å². The minimum Gasteiger partial charge on any atom is -0.396 e. The largest absolute Gasteiger partial charge is 0.396 e. The van der Waals surface area contributed by atoms with Crippen LogP contribution in [0.3, 0.4) is 0 Å². The normalized spacial score (nSPS) is 10.8. The average molecular weight is 197 g/mol. The molecule has 4 nitrogen and oxygen atoms in total. The summed E-state index contributed by atoms with van der Waals surface area (Å²) in [7, 11) is 0. The molecular weight excluding hydrogens is 178 g/mol. The highest BCUT2D eigenvalue weighted by molar-refractivity contribution is 4.92. The Morgan fingerprint density at radius 2 is 2.00 bits per heavy atom. The molecule has 1 heterocycles. The van der Waals surface area contributed by atoms with Gasteiger partial charge in [0.25, 0.3) is 0 Å². The van der Waals surface area contributed by atoms with Gasteiger partial charge in [0.05, 0.1) is 0 Å². The maximum atomic E-state index is 8.68. The highest BCUT2D eigenvalue weighted by Crippen LogP contribution is 2.03. The predicted molar refractivity (Wildman–Crippen MR) is 55.1 cm³/mol. The fourth-order valence-electron chi connectivity index (χ4n) is 1.39. The number of aliphatic hydroxyl groups excluding tert-OH is 1. The predicted octanol–water partition coefficient (Wildman–Crippen LogP) is 1.18. The van der Waals surface area contributed by atoms with E-state index in [1.54, 1.807) is 0 Å². The molecular formula is C10H19N3O. The molecule has 4 heteroatoms. The first-order chi connectivity index (χ1) is 6.81. The van der Waals surface area contributed by atoms with Gasteiger partial charge >= 0.3 is 0 Å². The second kappa shape index (κ2) is 5.75. The number of hydrogen-bond acceptors (Lipinski definition) is 3. The van der Waals surface area contributed by atoms with Gasteiger partial charge in [-0.05, 0) is 12.8 Å². The second-order valence-corrected chi connectivity index (χ2v) is 3.31. The van der Waals surface area contributed by atoms with E-state index in [2.05, 4.69) is 23.9 Å². The van der Waals surface area contributed by atoms with Gasteiger partial charge in [-0.1, -0.05) is 13.8 Å². The fraction of sp³-hybridized carbons (Fsp3) is 0.800. The Kier molecular flexibility index (Phi) is 4.59. The van der Waals surface area contributed by atoms with Crippen LogP contribution in [0.25, 0.3) is 0 Å². The molecule has 0 atom stereocenters. The Hall–Kier alpha value is -0.900. The van der Waals surface area contributed by atoms with Crippen molar-refractivity contribution in [3.63, 3.8) is 0 Å². The van der Waals surface area contributed by atoms with E-state index in [0.29, 0.717) is 0 Å². The molecule has 0 saturated carbocycles. The summed E-state index contributed by atoms with van der Waals surface area (Å²) in [5.41, 5.74) is 0. The quantitative estimate of drug-likeness (QED) is 0.697. The van der Waals surface area contributed by atoms with Crippen LogP contribution in [0, 0.1) is 0 Å². The summed E-state index contributed by atoms with van der Waals surface area (Å²) in [4.78, 5) is 4.42. The average Bonchev–Trinajstić information content (AvgIpc) is 2.61. The van der Waals surface area contributed by atoms with E-state index in [-0.39, 0.29) is 6.61 Å².